The van der Waals surface area contributed by atoms with Crippen LogP contribution in [-0.2, 0) is 0 Å². The first-order valence-corrected chi connectivity index (χ1v) is 6.99. The van der Waals surface area contributed by atoms with E-state index in [-0.39, 0.29) is 28.3 Å². The van der Waals surface area contributed by atoms with Crippen LogP contribution >= 0.6 is 0 Å². The molecule has 0 radical (unpaired) electrons. The van der Waals surface area contributed by atoms with Crippen molar-refractivity contribution < 1.29 is 24.3 Å². The Hall–Kier alpha value is -3.62. The molecule has 0 aromatic heterocycles. The highest BCUT2D eigenvalue weighted by Gasteiger charge is 2.17. The van der Waals surface area contributed by atoms with Gasteiger partial charge in [0.25, 0.3) is 11.6 Å². The van der Waals surface area contributed by atoms with Crippen LogP contribution in [0.25, 0.3) is 0 Å². The van der Waals surface area contributed by atoms with Crippen LogP contribution in [0.3, 0.4) is 0 Å². The van der Waals surface area contributed by atoms with E-state index in [4.69, 9.17) is 9.47 Å². The number of nitro groups is 1. The normalized spacial score (nSPS) is 10.5. The van der Waals surface area contributed by atoms with E-state index in [9.17, 15) is 20.0 Å². The number of nitro benzene ring substituents is 1. The fraction of sp³-hybridized carbons (Fsp3) is 0.125. The molecular formula is C16H15N3O6. The number of amides is 1. The summed E-state index contributed by atoms with van der Waals surface area (Å²) in [5.41, 5.74) is 2.18. The second kappa shape index (κ2) is 7.77. The van der Waals surface area contributed by atoms with Gasteiger partial charge in [-0.05, 0) is 18.2 Å². The number of ether oxygens (including phenoxy) is 2. The molecule has 0 saturated carbocycles. The smallest absolute Gasteiger partial charge is 0.282 e. The third-order valence-corrected chi connectivity index (χ3v) is 3.25. The summed E-state index contributed by atoms with van der Waals surface area (Å²) >= 11 is 0. The van der Waals surface area contributed by atoms with Crippen LogP contribution in [-0.4, -0.2) is 36.4 Å². The number of hydrazone groups is 1. The summed E-state index contributed by atoms with van der Waals surface area (Å²) in [6.07, 6.45) is 1.06. The van der Waals surface area contributed by atoms with Gasteiger partial charge < -0.3 is 14.6 Å². The Kier molecular flexibility index (Phi) is 5.51. The number of carbonyl (C=O) groups excluding carboxylic acids is 1. The lowest BCUT2D eigenvalue weighted by Crippen LogP contribution is -2.18. The average molecular weight is 345 g/mol. The second-order valence-electron chi connectivity index (χ2n) is 4.74. The molecule has 2 aromatic rings. The van der Waals surface area contributed by atoms with E-state index in [0.29, 0.717) is 5.75 Å². The highest BCUT2D eigenvalue weighted by molar-refractivity contribution is 5.97. The van der Waals surface area contributed by atoms with Gasteiger partial charge in [-0.3, -0.25) is 14.9 Å². The van der Waals surface area contributed by atoms with E-state index in [1.807, 2.05) is 0 Å². The molecule has 0 bridgehead atoms. The van der Waals surface area contributed by atoms with E-state index >= 15 is 0 Å². The summed E-state index contributed by atoms with van der Waals surface area (Å²) in [4.78, 5) is 22.6. The standard InChI is InChI=1S/C16H15N3O6/c1-24-14-6-4-3-5-11(14)16(21)18-17-9-10-7-13(20)15(25-2)8-12(10)19(22)23/h3-9,20H,1-2H3,(H,18,21)/b17-9+. The van der Waals surface area contributed by atoms with E-state index in [2.05, 4.69) is 10.5 Å². The average Bonchev–Trinajstić information content (AvgIpc) is 2.61. The first-order valence-electron chi connectivity index (χ1n) is 6.99. The molecule has 2 rings (SSSR count). The zero-order chi connectivity index (χ0) is 18.4. The summed E-state index contributed by atoms with van der Waals surface area (Å²) in [6.45, 7) is 0. The van der Waals surface area contributed by atoms with Gasteiger partial charge in [-0.2, -0.15) is 5.10 Å². The van der Waals surface area contributed by atoms with Gasteiger partial charge in [0.05, 0.1) is 42.6 Å². The highest BCUT2D eigenvalue weighted by atomic mass is 16.6. The Morgan fingerprint density at radius 2 is 1.92 bits per heavy atom. The minimum Gasteiger partial charge on any atom is -0.504 e. The van der Waals surface area contributed by atoms with Crippen molar-refractivity contribution in [2.45, 2.75) is 0 Å². The van der Waals surface area contributed by atoms with Gasteiger partial charge in [0, 0.05) is 0 Å². The van der Waals surface area contributed by atoms with Gasteiger partial charge in [-0.25, -0.2) is 5.43 Å². The predicted molar refractivity (Wildman–Crippen MR) is 89.4 cm³/mol. The Labute approximate surface area is 142 Å². The molecule has 0 heterocycles. The van der Waals surface area contributed by atoms with Gasteiger partial charge in [-0.1, -0.05) is 12.1 Å². The van der Waals surface area contributed by atoms with E-state index in [1.165, 1.54) is 14.2 Å². The quantitative estimate of drug-likeness (QED) is 0.469. The minimum absolute atomic E-state index is 0.00336. The molecule has 9 heteroatoms. The monoisotopic (exact) mass is 345 g/mol. The summed E-state index contributed by atoms with van der Waals surface area (Å²) in [7, 11) is 2.71. The molecule has 0 aliphatic rings. The van der Waals surface area contributed by atoms with Gasteiger partial charge in [0.2, 0.25) is 0 Å². The molecule has 0 aliphatic carbocycles. The minimum atomic E-state index is -0.647. The molecule has 0 fully saturated rings. The summed E-state index contributed by atoms with van der Waals surface area (Å²) < 4.78 is 9.91. The number of aromatic hydroxyl groups is 1. The zero-order valence-electron chi connectivity index (χ0n) is 13.4. The van der Waals surface area contributed by atoms with Crippen LogP contribution in [0, 0.1) is 10.1 Å². The van der Waals surface area contributed by atoms with Crippen LogP contribution in [0.5, 0.6) is 17.2 Å². The number of nitrogens with zero attached hydrogens (tertiary/aromatic N) is 2. The van der Waals surface area contributed by atoms with Crippen molar-refractivity contribution >= 4 is 17.8 Å². The van der Waals surface area contributed by atoms with E-state index < -0.39 is 10.8 Å². The SMILES string of the molecule is COc1cc([N+](=O)[O-])c(/C=N/NC(=O)c2ccccc2OC)cc1O. The number of carbonyl (C=O) groups is 1. The van der Waals surface area contributed by atoms with Gasteiger partial charge in [0.1, 0.15) is 5.75 Å². The lowest BCUT2D eigenvalue weighted by molar-refractivity contribution is -0.385. The number of hydrogen-bond acceptors (Lipinski definition) is 7. The third kappa shape index (κ3) is 4.02. The van der Waals surface area contributed by atoms with Crippen LogP contribution in [0.15, 0.2) is 41.5 Å². The maximum absolute atomic E-state index is 12.1. The number of phenolic OH excluding ortho intramolecular Hbond substituents is 1. The topological polar surface area (TPSA) is 123 Å². The number of rotatable bonds is 6. The highest BCUT2D eigenvalue weighted by Crippen LogP contribution is 2.32. The van der Waals surface area contributed by atoms with Crippen LogP contribution in [0.1, 0.15) is 15.9 Å². The van der Waals surface area contributed by atoms with Crippen molar-refractivity contribution in [1.82, 2.24) is 5.43 Å². The summed E-state index contributed by atoms with van der Waals surface area (Å²) in [5, 5.41) is 24.5. The Morgan fingerprint density at radius 1 is 1.24 bits per heavy atom. The van der Waals surface area contributed by atoms with Crippen molar-refractivity contribution in [2.24, 2.45) is 5.10 Å². The van der Waals surface area contributed by atoms with E-state index in [1.54, 1.807) is 24.3 Å². The molecule has 0 aliphatic heterocycles. The van der Waals surface area contributed by atoms with Crippen LogP contribution in [0.4, 0.5) is 5.69 Å². The zero-order valence-corrected chi connectivity index (χ0v) is 13.4. The van der Waals surface area contributed by atoms with E-state index in [0.717, 1.165) is 18.3 Å². The molecular weight excluding hydrogens is 330 g/mol. The van der Waals surface area contributed by atoms with Crippen LogP contribution in [0.2, 0.25) is 0 Å². The van der Waals surface area contributed by atoms with Gasteiger partial charge >= 0.3 is 0 Å². The molecule has 0 unspecified atom stereocenters. The molecule has 25 heavy (non-hydrogen) atoms. The predicted octanol–water partition coefficient (Wildman–Crippen LogP) is 2.08. The molecule has 1 amide bonds. The molecule has 130 valence electrons. The maximum Gasteiger partial charge on any atom is 0.282 e. The molecule has 0 atom stereocenters. The Morgan fingerprint density at radius 3 is 2.56 bits per heavy atom. The van der Waals surface area contributed by atoms with Crippen molar-refractivity contribution in [3.05, 3.63) is 57.6 Å². The first-order chi connectivity index (χ1) is 12.0. The summed E-state index contributed by atoms with van der Waals surface area (Å²) in [6, 6.07) is 8.72. The molecule has 2 N–H and O–H groups in total. The fourth-order valence-electron chi connectivity index (χ4n) is 2.05. The third-order valence-electron chi connectivity index (χ3n) is 3.25. The summed E-state index contributed by atoms with van der Waals surface area (Å²) in [5.74, 6) is -0.509. The largest absolute Gasteiger partial charge is 0.504 e. The molecule has 2 aromatic carbocycles. The maximum atomic E-state index is 12.1. The van der Waals surface area contributed by atoms with Gasteiger partial charge in [-0.15, -0.1) is 0 Å². The number of methoxy groups -OCH3 is 2. The number of para-hydroxylation sites is 1. The lowest BCUT2D eigenvalue weighted by Gasteiger charge is -2.06. The number of nitrogens with one attached hydrogen (secondary N) is 1. The van der Waals surface area contributed by atoms with Crippen molar-refractivity contribution in [1.29, 1.82) is 0 Å². The molecule has 0 spiro atoms. The molecule has 0 saturated heterocycles. The van der Waals surface area contributed by atoms with Crippen molar-refractivity contribution in [3.8, 4) is 17.2 Å². The number of phenols is 1. The number of benzene rings is 2. The lowest BCUT2D eigenvalue weighted by atomic mass is 10.1. The number of hydrogen-bond donors (Lipinski definition) is 2. The fourth-order valence-corrected chi connectivity index (χ4v) is 2.05. The Balaban J connectivity index is 2.23. The second-order valence-corrected chi connectivity index (χ2v) is 4.74. The van der Waals surface area contributed by atoms with Crippen LogP contribution < -0.4 is 14.9 Å². The molecule has 9 nitrogen and oxygen atoms in total. The first kappa shape index (κ1) is 17.7. The van der Waals surface area contributed by atoms with Crippen molar-refractivity contribution in [2.75, 3.05) is 14.2 Å². The van der Waals surface area contributed by atoms with Crippen molar-refractivity contribution in [3.63, 3.8) is 0 Å². The Bertz CT molecular complexity index is 835. The van der Waals surface area contributed by atoms with Gasteiger partial charge in [0.15, 0.2) is 11.5 Å².